The van der Waals surface area contributed by atoms with Gasteiger partial charge in [0, 0.05) is 23.7 Å². The van der Waals surface area contributed by atoms with Crippen LogP contribution in [0.2, 0.25) is 5.02 Å². The second-order valence-corrected chi connectivity index (χ2v) is 6.50. The van der Waals surface area contributed by atoms with Gasteiger partial charge >= 0.3 is 6.18 Å². The summed E-state index contributed by atoms with van der Waals surface area (Å²) in [6.45, 7) is -0.00869. The third kappa shape index (κ3) is 4.21. The fourth-order valence-corrected chi connectivity index (χ4v) is 3.02. The van der Waals surface area contributed by atoms with E-state index in [4.69, 9.17) is 11.6 Å². The predicted octanol–water partition coefficient (Wildman–Crippen LogP) is 4.49. The van der Waals surface area contributed by atoms with Crippen molar-refractivity contribution in [2.75, 3.05) is 16.8 Å². The van der Waals surface area contributed by atoms with E-state index < -0.39 is 35.1 Å². The Morgan fingerprint density at radius 2 is 1.81 bits per heavy atom. The standard InChI is InChI=1S/C18H13ClF4N2O2/c19-11-1-6-15(14(8-11)18(21,22)23)24-17(27)10-7-16(26)25(9-10)13-4-2-12(20)3-5-13/h1-6,8,10H,7,9H2,(H,24,27). The molecule has 1 saturated heterocycles. The topological polar surface area (TPSA) is 49.4 Å². The maximum absolute atomic E-state index is 13.1. The van der Waals surface area contributed by atoms with Crippen LogP contribution in [0.25, 0.3) is 0 Å². The van der Waals surface area contributed by atoms with Crippen LogP contribution in [0.4, 0.5) is 28.9 Å². The molecule has 0 saturated carbocycles. The Bertz CT molecular complexity index is 884. The molecule has 0 radical (unpaired) electrons. The van der Waals surface area contributed by atoms with Crippen molar-refractivity contribution in [2.45, 2.75) is 12.6 Å². The van der Waals surface area contributed by atoms with Crippen molar-refractivity contribution in [3.63, 3.8) is 0 Å². The molecule has 1 aliphatic heterocycles. The molecule has 0 bridgehead atoms. The Labute approximate surface area is 156 Å². The van der Waals surface area contributed by atoms with Gasteiger partial charge in [-0.1, -0.05) is 11.6 Å². The van der Waals surface area contributed by atoms with Gasteiger partial charge in [0.2, 0.25) is 11.8 Å². The largest absolute Gasteiger partial charge is 0.418 e. The predicted molar refractivity (Wildman–Crippen MR) is 91.9 cm³/mol. The van der Waals surface area contributed by atoms with Gasteiger partial charge in [-0.15, -0.1) is 0 Å². The maximum atomic E-state index is 13.1. The van der Waals surface area contributed by atoms with E-state index >= 15 is 0 Å². The Morgan fingerprint density at radius 3 is 2.44 bits per heavy atom. The minimum absolute atomic E-state index is 0.00869. The number of alkyl halides is 3. The molecule has 27 heavy (non-hydrogen) atoms. The lowest BCUT2D eigenvalue weighted by Gasteiger charge is -2.18. The lowest BCUT2D eigenvalue weighted by Crippen LogP contribution is -2.28. The van der Waals surface area contributed by atoms with Gasteiger partial charge in [-0.25, -0.2) is 4.39 Å². The quantitative estimate of drug-likeness (QED) is 0.772. The molecule has 2 aromatic carbocycles. The Morgan fingerprint density at radius 1 is 1.15 bits per heavy atom. The molecule has 1 atom stereocenters. The number of hydrogen-bond acceptors (Lipinski definition) is 2. The van der Waals surface area contributed by atoms with Crippen molar-refractivity contribution in [1.82, 2.24) is 0 Å². The molecule has 4 nitrogen and oxygen atoms in total. The van der Waals surface area contributed by atoms with E-state index in [1.54, 1.807) is 0 Å². The summed E-state index contributed by atoms with van der Waals surface area (Å²) in [7, 11) is 0. The minimum Gasteiger partial charge on any atom is -0.325 e. The Kier molecular flexibility index (Phi) is 5.10. The highest BCUT2D eigenvalue weighted by Gasteiger charge is 2.38. The third-order valence-corrected chi connectivity index (χ3v) is 4.41. The number of anilines is 2. The molecule has 1 fully saturated rings. The van der Waals surface area contributed by atoms with E-state index in [0.29, 0.717) is 5.69 Å². The van der Waals surface area contributed by atoms with Crippen molar-refractivity contribution in [3.05, 3.63) is 58.9 Å². The molecule has 2 aromatic rings. The highest BCUT2D eigenvalue weighted by atomic mass is 35.5. The van der Waals surface area contributed by atoms with Crippen molar-refractivity contribution < 1.29 is 27.2 Å². The minimum atomic E-state index is -4.70. The van der Waals surface area contributed by atoms with Gasteiger partial charge in [-0.05, 0) is 42.5 Å². The van der Waals surface area contributed by atoms with Gasteiger partial charge in [0.1, 0.15) is 5.82 Å². The van der Waals surface area contributed by atoms with E-state index in [0.717, 1.165) is 12.1 Å². The average Bonchev–Trinajstić information content (AvgIpc) is 2.98. The molecule has 3 rings (SSSR count). The number of carbonyl (C=O) groups excluding carboxylic acids is 2. The van der Waals surface area contributed by atoms with Crippen LogP contribution in [0.1, 0.15) is 12.0 Å². The lowest BCUT2D eigenvalue weighted by atomic mass is 10.1. The summed E-state index contributed by atoms with van der Waals surface area (Å²) < 4.78 is 52.4. The molecule has 9 heteroatoms. The summed E-state index contributed by atoms with van der Waals surface area (Å²) in [5.74, 6) is -2.38. The van der Waals surface area contributed by atoms with Crippen LogP contribution in [0.5, 0.6) is 0 Å². The number of halogens is 5. The molecule has 1 unspecified atom stereocenters. The number of nitrogens with zero attached hydrogens (tertiary/aromatic N) is 1. The first-order chi connectivity index (χ1) is 12.6. The van der Waals surface area contributed by atoms with Crippen molar-refractivity contribution in [1.29, 1.82) is 0 Å². The number of benzene rings is 2. The van der Waals surface area contributed by atoms with E-state index in [9.17, 15) is 27.2 Å². The lowest BCUT2D eigenvalue weighted by molar-refractivity contribution is -0.137. The SMILES string of the molecule is O=C(Nc1ccc(Cl)cc1C(F)(F)F)C1CC(=O)N(c2ccc(F)cc2)C1. The summed E-state index contributed by atoms with van der Waals surface area (Å²) in [5.41, 5.74) is -1.08. The maximum Gasteiger partial charge on any atom is 0.418 e. The normalized spacial score (nSPS) is 17.3. The van der Waals surface area contributed by atoms with Crippen molar-refractivity contribution >= 4 is 34.8 Å². The Balaban J connectivity index is 1.76. The molecule has 2 amide bonds. The Hall–Kier alpha value is -2.61. The van der Waals surface area contributed by atoms with Gasteiger partial charge in [0.15, 0.2) is 0 Å². The van der Waals surface area contributed by atoms with Crippen LogP contribution >= 0.6 is 11.6 Å². The van der Waals surface area contributed by atoms with Crippen molar-refractivity contribution in [2.24, 2.45) is 5.92 Å². The smallest absolute Gasteiger partial charge is 0.325 e. The van der Waals surface area contributed by atoms with Crippen LogP contribution in [0, 0.1) is 11.7 Å². The fourth-order valence-electron chi connectivity index (χ4n) is 2.85. The zero-order chi connectivity index (χ0) is 19.8. The number of rotatable bonds is 3. The summed E-state index contributed by atoms with van der Waals surface area (Å²) in [6.07, 6.45) is -4.85. The number of hydrogen-bond donors (Lipinski definition) is 1. The first-order valence-corrected chi connectivity index (χ1v) is 8.26. The molecule has 0 aromatic heterocycles. The molecular weight excluding hydrogens is 388 g/mol. The first-order valence-electron chi connectivity index (χ1n) is 7.88. The van der Waals surface area contributed by atoms with Gasteiger partial charge < -0.3 is 10.2 Å². The fraction of sp³-hybridized carbons (Fsp3) is 0.222. The van der Waals surface area contributed by atoms with E-state index in [1.807, 2.05) is 0 Å². The van der Waals surface area contributed by atoms with Crippen molar-refractivity contribution in [3.8, 4) is 0 Å². The molecule has 142 valence electrons. The zero-order valence-electron chi connectivity index (χ0n) is 13.7. The van der Waals surface area contributed by atoms with E-state index in [1.165, 1.54) is 35.2 Å². The van der Waals surface area contributed by atoms with Gasteiger partial charge in [0.05, 0.1) is 17.2 Å². The summed E-state index contributed by atoms with van der Waals surface area (Å²) in [6, 6.07) is 8.18. The van der Waals surface area contributed by atoms with Gasteiger partial charge in [-0.3, -0.25) is 9.59 Å². The molecular formula is C18H13ClF4N2O2. The molecule has 1 N–H and O–H groups in total. The van der Waals surface area contributed by atoms with Crippen LogP contribution < -0.4 is 10.2 Å². The van der Waals surface area contributed by atoms with Crippen LogP contribution in [0.15, 0.2) is 42.5 Å². The van der Waals surface area contributed by atoms with Gasteiger partial charge in [-0.2, -0.15) is 13.2 Å². The highest BCUT2D eigenvalue weighted by Crippen LogP contribution is 2.37. The summed E-state index contributed by atoms with van der Waals surface area (Å²) >= 11 is 5.61. The number of carbonyl (C=O) groups is 2. The molecule has 0 aliphatic carbocycles. The summed E-state index contributed by atoms with van der Waals surface area (Å²) in [5, 5.41) is 2.12. The van der Waals surface area contributed by atoms with Crippen LogP contribution in [0.3, 0.4) is 0 Å². The monoisotopic (exact) mass is 400 g/mol. The average molecular weight is 401 g/mol. The molecule has 1 aliphatic rings. The third-order valence-electron chi connectivity index (χ3n) is 4.18. The molecule has 0 spiro atoms. The van der Waals surface area contributed by atoms with Crippen LogP contribution in [-0.2, 0) is 15.8 Å². The summed E-state index contributed by atoms with van der Waals surface area (Å²) in [4.78, 5) is 25.9. The van der Waals surface area contributed by atoms with E-state index in [2.05, 4.69) is 5.32 Å². The molecule has 1 heterocycles. The second kappa shape index (κ2) is 7.19. The first kappa shape index (κ1) is 19.2. The van der Waals surface area contributed by atoms with Gasteiger partial charge in [0.25, 0.3) is 0 Å². The zero-order valence-corrected chi connectivity index (χ0v) is 14.4. The number of amides is 2. The second-order valence-electron chi connectivity index (χ2n) is 6.06. The van der Waals surface area contributed by atoms with Crippen LogP contribution in [-0.4, -0.2) is 18.4 Å². The highest BCUT2D eigenvalue weighted by molar-refractivity contribution is 6.30. The number of nitrogens with one attached hydrogen (secondary N) is 1. The van der Waals surface area contributed by atoms with E-state index in [-0.39, 0.29) is 23.9 Å².